The molecule has 1 fully saturated rings. The van der Waals surface area contributed by atoms with Gasteiger partial charge in [0, 0.05) is 40.4 Å². The van der Waals surface area contributed by atoms with Gasteiger partial charge in [-0.25, -0.2) is 22.6 Å². The van der Waals surface area contributed by atoms with Crippen molar-refractivity contribution in [1.29, 1.82) is 0 Å². The Morgan fingerprint density at radius 3 is 2.88 bits per heavy atom. The fourth-order valence-corrected chi connectivity index (χ4v) is 5.44. The Bertz CT molecular complexity index is 1280. The van der Waals surface area contributed by atoms with E-state index in [-0.39, 0.29) is 12.5 Å². The van der Waals surface area contributed by atoms with Gasteiger partial charge < -0.3 is 9.64 Å². The molecule has 1 aromatic carbocycles. The molecule has 12 heteroatoms. The third kappa shape index (κ3) is 5.07. The summed E-state index contributed by atoms with van der Waals surface area (Å²) in [5.74, 6) is -0.652. The number of hydrogen-bond acceptors (Lipinski definition) is 8. The van der Waals surface area contributed by atoms with Gasteiger partial charge in [-0.2, -0.15) is 4.40 Å². The van der Waals surface area contributed by atoms with E-state index in [1.54, 1.807) is 19.2 Å². The van der Waals surface area contributed by atoms with Gasteiger partial charge in [0.05, 0.1) is 18.4 Å². The van der Waals surface area contributed by atoms with Crippen LogP contribution >= 0.6 is 27.3 Å². The zero-order valence-corrected chi connectivity index (χ0v) is 21.0. The lowest BCUT2D eigenvalue weighted by molar-refractivity contribution is -0.139. The molecular weight excluding hydrogens is 535 g/mol. The average Bonchev–Trinajstić information content (AvgIpc) is 3.41. The monoisotopic (exact) mass is 554 g/mol. The molecule has 0 radical (unpaired) electrons. The van der Waals surface area contributed by atoms with Gasteiger partial charge in [0.25, 0.3) is 0 Å². The first-order chi connectivity index (χ1) is 15.7. The molecule has 2 atom stereocenters. The van der Waals surface area contributed by atoms with Crippen molar-refractivity contribution < 1.29 is 22.3 Å². The maximum atomic E-state index is 13.8. The molecule has 2 aromatic rings. The number of rotatable bonds is 6. The van der Waals surface area contributed by atoms with E-state index < -0.39 is 27.9 Å². The van der Waals surface area contributed by atoms with Crippen LogP contribution in [0.4, 0.5) is 4.39 Å². The summed E-state index contributed by atoms with van der Waals surface area (Å²) in [6.45, 7) is 2.27. The highest BCUT2D eigenvalue weighted by Gasteiger charge is 2.42. The summed E-state index contributed by atoms with van der Waals surface area (Å²) in [6, 6.07) is 3.47. The van der Waals surface area contributed by atoms with Gasteiger partial charge in [-0.1, -0.05) is 22.0 Å². The Kier molecular flexibility index (Phi) is 6.78. The molecule has 0 spiro atoms. The van der Waals surface area contributed by atoms with E-state index in [2.05, 4.69) is 25.3 Å². The Morgan fingerprint density at radius 2 is 2.24 bits per heavy atom. The van der Waals surface area contributed by atoms with Crippen LogP contribution in [-0.2, 0) is 19.6 Å². The van der Waals surface area contributed by atoms with Crippen LogP contribution in [0.15, 0.2) is 54.9 Å². The van der Waals surface area contributed by atoms with Crippen molar-refractivity contribution in [1.82, 2.24) is 9.88 Å². The van der Waals surface area contributed by atoms with E-state index >= 15 is 0 Å². The number of thiazole rings is 1. The molecule has 1 unspecified atom stereocenters. The second-order valence-corrected chi connectivity index (χ2v) is 10.9. The molecule has 2 aliphatic rings. The number of aliphatic imine (C=N–C) groups is 1. The molecule has 0 N–H and O–H groups in total. The molecule has 0 bridgehead atoms. The minimum Gasteiger partial charge on any atom is -0.463 e. The van der Waals surface area contributed by atoms with Crippen molar-refractivity contribution in [3.05, 3.63) is 61.9 Å². The molecule has 1 aromatic heterocycles. The number of carbonyl (C=O) groups is 1. The van der Waals surface area contributed by atoms with Crippen LogP contribution in [0.25, 0.3) is 0 Å². The van der Waals surface area contributed by atoms with Crippen LogP contribution in [0.3, 0.4) is 0 Å². The second kappa shape index (κ2) is 9.43. The molecule has 0 amide bonds. The number of amidine groups is 1. The van der Waals surface area contributed by atoms with E-state index in [1.165, 1.54) is 29.7 Å². The standard InChI is InChI=1S/C21H20BrFN4O4S2/c1-3-31-21(28)17-16-8-12(10-25-33(2,29)30)11-27(16)19(20-24-6-7-32-20)26-18(17)14-5-4-13(23)9-15(14)22/h4-7,9-10,12,18H,3,8,11H2,1-2H3/b25-10-/t12?,18-/m0/s1. The number of nitrogens with zero attached hydrogens (tertiary/aromatic N) is 4. The third-order valence-electron chi connectivity index (χ3n) is 5.13. The number of benzene rings is 1. The summed E-state index contributed by atoms with van der Waals surface area (Å²) >= 11 is 4.80. The topological polar surface area (TPSA) is 101 Å². The van der Waals surface area contributed by atoms with E-state index in [0.717, 1.165) is 6.26 Å². The van der Waals surface area contributed by atoms with Crippen molar-refractivity contribution >= 4 is 55.3 Å². The highest BCUT2D eigenvalue weighted by Crippen LogP contribution is 2.43. The number of sulfonamides is 1. The maximum absolute atomic E-state index is 13.8. The van der Waals surface area contributed by atoms with Gasteiger partial charge in [-0.3, -0.25) is 4.99 Å². The Morgan fingerprint density at radius 1 is 1.45 bits per heavy atom. The smallest absolute Gasteiger partial charge is 0.338 e. The number of halogens is 2. The first-order valence-corrected chi connectivity index (χ1v) is 13.6. The van der Waals surface area contributed by atoms with Crippen LogP contribution in [0, 0.1) is 11.7 Å². The Labute approximate surface area is 203 Å². The molecule has 0 aliphatic carbocycles. The highest BCUT2D eigenvalue weighted by molar-refractivity contribution is 9.10. The predicted octanol–water partition coefficient (Wildman–Crippen LogP) is 3.72. The van der Waals surface area contributed by atoms with Crippen LogP contribution in [0.2, 0.25) is 0 Å². The number of carbonyl (C=O) groups excluding carboxylic acids is 1. The van der Waals surface area contributed by atoms with Crippen molar-refractivity contribution in [3.8, 4) is 0 Å². The SMILES string of the molecule is CCOC(=O)C1=C2CC(/C=N\S(C)(=O)=O)CN2C(c2nccs2)=N[C@H]1c1ccc(F)cc1Br. The number of aromatic nitrogens is 1. The Hall–Kier alpha value is -2.44. The van der Waals surface area contributed by atoms with Crippen molar-refractivity contribution in [3.63, 3.8) is 0 Å². The lowest BCUT2D eigenvalue weighted by atomic mass is 9.94. The van der Waals surface area contributed by atoms with Crippen molar-refractivity contribution in [2.24, 2.45) is 15.3 Å². The number of fused-ring (bicyclic) bond motifs is 1. The molecule has 4 rings (SSSR count). The minimum absolute atomic E-state index is 0.176. The van der Waals surface area contributed by atoms with Gasteiger partial charge in [0.2, 0.25) is 10.0 Å². The fraction of sp³-hybridized carbons (Fsp3) is 0.333. The number of esters is 1. The summed E-state index contributed by atoms with van der Waals surface area (Å²) in [4.78, 5) is 24.2. The lowest BCUT2D eigenvalue weighted by Gasteiger charge is -2.31. The fourth-order valence-electron chi connectivity index (χ4n) is 3.84. The second-order valence-electron chi connectivity index (χ2n) is 7.50. The molecule has 3 heterocycles. The first-order valence-electron chi connectivity index (χ1n) is 10.0. The number of hydrogen-bond donors (Lipinski definition) is 0. The van der Waals surface area contributed by atoms with Gasteiger partial charge >= 0.3 is 5.97 Å². The van der Waals surface area contributed by atoms with Gasteiger partial charge in [-0.05, 0) is 31.0 Å². The highest BCUT2D eigenvalue weighted by atomic mass is 79.9. The van der Waals surface area contributed by atoms with Gasteiger partial charge in [0.15, 0.2) is 10.8 Å². The van der Waals surface area contributed by atoms with Crippen LogP contribution in [0.5, 0.6) is 0 Å². The van der Waals surface area contributed by atoms with E-state index in [1.807, 2.05) is 10.3 Å². The summed E-state index contributed by atoms with van der Waals surface area (Å²) in [5, 5.41) is 2.48. The van der Waals surface area contributed by atoms with E-state index in [0.29, 0.717) is 45.1 Å². The number of allylic oxidation sites excluding steroid dienone is 1. The van der Waals surface area contributed by atoms with Crippen LogP contribution in [0.1, 0.15) is 30.0 Å². The largest absolute Gasteiger partial charge is 0.463 e. The summed E-state index contributed by atoms with van der Waals surface area (Å²) < 4.78 is 46.4. The summed E-state index contributed by atoms with van der Waals surface area (Å²) in [7, 11) is -3.54. The first kappa shape index (κ1) is 23.7. The third-order valence-corrected chi connectivity index (χ3v) is 7.09. The van der Waals surface area contributed by atoms with E-state index in [4.69, 9.17) is 9.73 Å². The maximum Gasteiger partial charge on any atom is 0.338 e. The number of ether oxygens (including phenoxy) is 1. The average molecular weight is 555 g/mol. The molecule has 8 nitrogen and oxygen atoms in total. The summed E-state index contributed by atoms with van der Waals surface area (Å²) in [5.41, 5.74) is 1.61. The zero-order valence-electron chi connectivity index (χ0n) is 17.7. The van der Waals surface area contributed by atoms with Crippen LogP contribution < -0.4 is 0 Å². The molecule has 0 saturated carbocycles. The van der Waals surface area contributed by atoms with Crippen molar-refractivity contribution in [2.75, 3.05) is 19.4 Å². The Balaban J connectivity index is 1.88. The lowest BCUT2D eigenvalue weighted by Crippen LogP contribution is -2.35. The normalized spacial score (nSPS) is 20.8. The molecule has 174 valence electrons. The van der Waals surface area contributed by atoms with Gasteiger partial charge in [0.1, 0.15) is 11.9 Å². The quantitative estimate of drug-likeness (QED) is 0.398. The molecule has 1 saturated heterocycles. The molecular formula is C21H20BrFN4O4S2. The predicted molar refractivity (Wildman–Crippen MR) is 127 cm³/mol. The van der Waals surface area contributed by atoms with E-state index in [9.17, 15) is 17.6 Å². The molecule has 2 aliphatic heterocycles. The molecule has 33 heavy (non-hydrogen) atoms. The minimum atomic E-state index is -3.54. The zero-order chi connectivity index (χ0) is 23.8. The van der Waals surface area contributed by atoms with Gasteiger partial charge in [-0.15, -0.1) is 11.3 Å². The summed E-state index contributed by atoms with van der Waals surface area (Å²) in [6.07, 6.45) is 4.45. The van der Waals surface area contributed by atoms with Crippen molar-refractivity contribution in [2.45, 2.75) is 19.4 Å². The van der Waals surface area contributed by atoms with Crippen LogP contribution in [-0.4, -0.2) is 55.7 Å².